The molecule has 0 saturated carbocycles. The Hall–Kier alpha value is -2.09. The van der Waals surface area contributed by atoms with E-state index >= 15 is 0 Å². The van der Waals surface area contributed by atoms with Gasteiger partial charge in [-0.1, -0.05) is 25.1 Å². The zero-order chi connectivity index (χ0) is 18.5. The molecule has 0 atom stereocenters. The van der Waals surface area contributed by atoms with Crippen LogP contribution < -0.4 is 10.2 Å². The van der Waals surface area contributed by atoms with Crippen molar-refractivity contribution >= 4 is 45.8 Å². The van der Waals surface area contributed by atoms with Gasteiger partial charge in [-0.3, -0.25) is 9.59 Å². The maximum absolute atomic E-state index is 12.6. The largest absolute Gasteiger partial charge is 0.366 e. The summed E-state index contributed by atoms with van der Waals surface area (Å²) in [7, 11) is 0. The summed E-state index contributed by atoms with van der Waals surface area (Å²) >= 11 is 2.20. The van der Waals surface area contributed by atoms with Crippen LogP contribution in [0.3, 0.4) is 0 Å². The maximum Gasteiger partial charge on any atom is 0.255 e. The lowest BCUT2D eigenvalue weighted by Crippen LogP contribution is -2.48. The smallest absolute Gasteiger partial charge is 0.255 e. The molecule has 5 nitrogen and oxygen atoms in total. The second kappa shape index (κ2) is 8.53. The van der Waals surface area contributed by atoms with Crippen molar-refractivity contribution in [3.8, 4) is 0 Å². The van der Waals surface area contributed by atoms with E-state index in [0.29, 0.717) is 25.1 Å². The lowest BCUT2D eigenvalue weighted by Gasteiger charge is -2.36. The van der Waals surface area contributed by atoms with Crippen molar-refractivity contribution < 1.29 is 9.59 Å². The fraction of sp³-hybridized carbons (Fsp3) is 0.300. The van der Waals surface area contributed by atoms with Crippen molar-refractivity contribution in [2.24, 2.45) is 0 Å². The molecule has 0 bridgehead atoms. The Morgan fingerprint density at radius 2 is 1.77 bits per heavy atom. The Bertz CT molecular complexity index is 801. The molecule has 0 unspecified atom stereocenters. The maximum atomic E-state index is 12.6. The third-order valence-electron chi connectivity index (χ3n) is 4.51. The van der Waals surface area contributed by atoms with E-state index in [9.17, 15) is 9.59 Å². The molecule has 1 aliphatic heterocycles. The fourth-order valence-corrected chi connectivity index (χ4v) is 3.64. The van der Waals surface area contributed by atoms with E-state index < -0.39 is 0 Å². The van der Waals surface area contributed by atoms with Crippen LogP contribution in [-0.4, -0.2) is 42.9 Å². The van der Waals surface area contributed by atoms with Gasteiger partial charge in [-0.2, -0.15) is 0 Å². The zero-order valence-electron chi connectivity index (χ0n) is 14.7. The van der Waals surface area contributed by atoms with Gasteiger partial charge in [0.05, 0.1) is 11.4 Å². The first-order valence-electron chi connectivity index (χ1n) is 8.77. The van der Waals surface area contributed by atoms with Gasteiger partial charge in [-0.15, -0.1) is 0 Å². The number of nitrogens with one attached hydrogen (secondary N) is 1. The van der Waals surface area contributed by atoms with Gasteiger partial charge < -0.3 is 15.1 Å². The van der Waals surface area contributed by atoms with Crippen molar-refractivity contribution in [3.05, 3.63) is 57.7 Å². The molecule has 0 aliphatic carbocycles. The minimum absolute atomic E-state index is 0.115. The summed E-state index contributed by atoms with van der Waals surface area (Å²) in [5, 5.41) is 3.03. The molecule has 2 amide bonds. The van der Waals surface area contributed by atoms with E-state index in [-0.39, 0.29) is 11.8 Å². The Labute approximate surface area is 167 Å². The first-order valence-corrected chi connectivity index (χ1v) is 9.85. The first kappa shape index (κ1) is 18.7. The molecule has 1 saturated heterocycles. The molecule has 0 aromatic heterocycles. The Kier molecular flexibility index (Phi) is 6.13. The summed E-state index contributed by atoms with van der Waals surface area (Å²) < 4.78 is 1.03. The molecule has 2 aromatic rings. The predicted molar refractivity (Wildman–Crippen MR) is 113 cm³/mol. The molecule has 0 radical (unpaired) electrons. The van der Waals surface area contributed by atoms with Crippen molar-refractivity contribution in [3.63, 3.8) is 0 Å². The van der Waals surface area contributed by atoms with Gasteiger partial charge in [0.25, 0.3) is 5.91 Å². The van der Waals surface area contributed by atoms with Crippen molar-refractivity contribution in [2.45, 2.75) is 13.3 Å². The van der Waals surface area contributed by atoms with Gasteiger partial charge >= 0.3 is 0 Å². The first-order chi connectivity index (χ1) is 12.6. The molecular weight excluding hydrogens is 441 g/mol. The summed E-state index contributed by atoms with van der Waals surface area (Å²) in [6, 6.07) is 15.4. The highest BCUT2D eigenvalue weighted by molar-refractivity contribution is 14.1. The molecule has 2 aromatic carbocycles. The molecular formula is C20H22IN3O2. The van der Waals surface area contributed by atoms with Crippen molar-refractivity contribution in [1.29, 1.82) is 0 Å². The van der Waals surface area contributed by atoms with E-state index in [2.05, 4.69) is 32.8 Å². The summed E-state index contributed by atoms with van der Waals surface area (Å²) in [6.45, 7) is 4.85. The van der Waals surface area contributed by atoms with E-state index in [4.69, 9.17) is 0 Å². The number of rotatable bonds is 4. The van der Waals surface area contributed by atoms with Crippen molar-refractivity contribution in [1.82, 2.24) is 4.90 Å². The molecule has 1 aliphatic rings. The number of anilines is 2. The number of halogens is 1. The van der Waals surface area contributed by atoms with Gasteiger partial charge in [0.2, 0.25) is 5.91 Å². The summed E-state index contributed by atoms with van der Waals surface area (Å²) in [6.07, 6.45) is 0.544. The number of nitrogens with zero attached hydrogens (tertiary/aromatic N) is 2. The highest BCUT2D eigenvalue weighted by atomic mass is 127. The summed E-state index contributed by atoms with van der Waals surface area (Å²) in [5.41, 5.74) is 2.44. The van der Waals surface area contributed by atoms with Gasteiger partial charge in [0.1, 0.15) is 0 Å². The zero-order valence-corrected chi connectivity index (χ0v) is 16.9. The van der Waals surface area contributed by atoms with Gasteiger partial charge in [0.15, 0.2) is 0 Å². The number of amides is 2. The fourth-order valence-electron chi connectivity index (χ4n) is 3.10. The minimum atomic E-state index is -0.115. The SMILES string of the molecule is CCC(=O)N1CCN(c2ccccc2NC(=O)c2cccc(I)c2)CC1. The van der Waals surface area contributed by atoms with Crippen LogP contribution in [0.4, 0.5) is 11.4 Å². The lowest BCUT2D eigenvalue weighted by molar-refractivity contribution is -0.131. The average Bonchev–Trinajstić information content (AvgIpc) is 2.68. The molecule has 1 fully saturated rings. The monoisotopic (exact) mass is 463 g/mol. The normalized spacial score (nSPS) is 14.2. The van der Waals surface area contributed by atoms with Crippen LogP contribution in [0.5, 0.6) is 0 Å². The molecule has 6 heteroatoms. The molecule has 0 spiro atoms. The third-order valence-corrected chi connectivity index (χ3v) is 5.19. The quantitative estimate of drug-likeness (QED) is 0.706. The topological polar surface area (TPSA) is 52.7 Å². The molecule has 1 heterocycles. The third kappa shape index (κ3) is 4.35. The average molecular weight is 463 g/mol. The lowest BCUT2D eigenvalue weighted by atomic mass is 10.1. The Morgan fingerprint density at radius 1 is 1.04 bits per heavy atom. The summed E-state index contributed by atoms with van der Waals surface area (Å²) in [5.74, 6) is 0.0840. The molecule has 136 valence electrons. The second-order valence-electron chi connectivity index (χ2n) is 6.20. The van der Waals surface area contributed by atoms with Crippen LogP contribution >= 0.6 is 22.6 Å². The highest BCUT2D eigenvalue weighted by Crippen LogP contribution is 2.27. The highest BCUT2D eigenvalue weighted by Gasteiger charge is 2.22. The molecule has 26 heavy (non-hydrogen) atoms. The van der Waals surface area contributed by atoms with E-state index in [1.165, 1.54) is 0 Å². The molecule has 1 N–H and O–H groups in total. The van der Waals surface area contributed by atoms with Crippen LogP contribution in [-0.2, 0) is 4.79 Å². The van der Waals surface area contributed by atoms with E-state index in [1.54, 1.807) is 0 Å². The number of carbonyl (C=O) groups excluding carboxylic acids is 2. The number of carbonyl (C=O) groups is 2. The molecule has 3 rings (SSSR count). The standard InChI is InChI=1S/C20H22IN3O2/c1-2-19(25)24-12-10-23(11-13-24)18-9-4-3-8-17(18)22-20(26)15-6-5-7-16(21)14-15/h3-9,14H,2,10-13H2,1H3,(H,22,26). The van der Waals surface area contributed by atoms with Crippen molar-refractivity contribution in [2.75, 3.05) is 36.4 Å². The van der Waals surface area contributed by atoms with Crippen LogP contribution in [0.25, 0.3) is 0 Å². The number of hydrogen-bond acceptors (Lipinski definition) is 3. The van der Waals surface area contributed by atoms with E-state index in [0.717, 1.165) is 28.0 Å². The minimum Gasteiger partial charge on any atom is -0.366 e. The number of piperazine rings is 1. The summed E-state index contributed by atoms with van der Waals surface area (Å²) in [4.78, 5) is 28.6. The van der Waals surface area contributed by atoms with Crippen LogP contribution in [0.2, 0.25) is 0 Å². The van der Waals surface area contributed by atoms with Gasteiger partial charge in [-0.05, 0) is 52.9 Å². The Morgan fingerprint density at radius 3 is 2.46 bits per heavy atom. The predicted octanol–water partition coefficient (Wildman–Crippen LogP) is 3.60. The van der Waals surface area contributed by atoms with Crippen LogP contribution in [0.1, 0.15) is 23.7 Å². The number of hydrogen-bond donors (Lipinski definition) is 1. The van der Waals surface area contributed by atoms with Crippen LogP contribution in [0, 0.1) is 3.57 Å². The Balaban J connectivity index is 1.73. The second-order valence-corrected chi connectivity index (χ2v) is 7.45. The van der Waals surface area contributed by atoms with E-state index in [1.807, 2.05) is 60.4 Å². The number of benzene rings is 2. The van der Waals surface area contributed by atoms with Gasteiger partial charge in [0, 0.05) is 41.7 Å². The number of para-hydroxylation sites is 2. The van der Waals surface area contributed by atoms with Gasteiger partial charge in [-0.25, -0.2) is 0 Å². The van der Waals surface area contributed by atoms with Crippen LogP contribution in [0.15, 0.2) is 48.5 Å².